The topological polar surface area (TPSA) is 51.2 Å². The van der Waals surface area contributed by atoms with E-state index in [0.29, 0.717) is 5.82 Å². The number of carbonyl (C=O) groups excluding carboxylic acids is 1. The summed E-state index contributed by atoms with van der Waals surface area (Å²) < 4.78 is 5.81. The summed E-state index contributed by atoms with van der Waals surface area (Å²) in [5.41, 5.74) is 1.02. The molecule has 0 radical (unpaired) electrons. The molecule has 0 aliphatic carbocycles. The number of halogens is 1. The third-order valence-electron chi connectivity index (χ3n) is 2.02. The van der Waals surface area contributed by atoms with Crippen LogP contribution >= 0.6 is 15.9 Å². The zero-order valence-corrected chi connectivity index (χ0v) is 10.5. The Hall–Kier alpha value is -0.940. The molecule has 1 unspecified atom stereocenters. The Morgan fingerprint density at radius 3 is 2.87 bits per heavy atom. The van der Waals surface area contributed by atoms with Gasteiger partial charge in [-0.1, -0.05) is 0 Å². The minimum Gasteiger partial charge on any atom is -0.372 e. The van der Waals surface area contributed by atoms with Crippen molar-refractivity contribution < 1.29 is 9.53 Å². The second kappa shape index (κ2) is 5.23. The van der Waals surface area contributed by atoms with E-state index in [9.17, 15) is 4.79 Å². The molecule has 0 aliphatic rings. The van der Waals surface area contributed by atoms with Crippen molar-refractivity contribution in [3.8, 4) is 0 Å². The highest BCUT2D eigenvalue weighted by Crippen LogP contribution is 2.17. The van der Waals surface area contributed by atoms with Crippen molar-refractivity contribution in [2.24, 2.45) is 0 Å². The van der Waals surface area contributed by atoms with Crippen LogP contribution < -0.4 is 5.32 Å². The number of hydrogen-bond donors (Lipinski definition) is 1. The van der Waals surface area contributed by atoms with Gasteiger partial charge in [-0.05, 0) is 41.4 Å². The molecule has 1 amide bonds. The van der Waals surface area contributed by atoms with Crippen LogP contribution in [-0.4, -0.2) is 24.1 Å². The zero-order chi connectivity index (χ0) is 11.4. The van der Waals surface area contributed by atoms with Crippen molar-refractivity contribution in [2.45, 2.75) is 20.0 Å². The Balaban J connectivity index is 2.73. The minimum absolute atomic E-state index is 0.202. The van der Waals surface area contributed by atoms with Crippen LogP contribution in [0.15, 0.2) is 16.7 Å². The molecule has 82 valence electrons. The summed E-state index contributed by atoms with van der Waals surface area (Å²) in [5.74, 6) is 0.330. The van der Waals surface area contributed by atoms with Crippen molar-refractivity contribution in [3.63, 3.8) is 0 Å². The predicted octanol–water partition coefficient (Wildman–Crippen LogP) is 2.13. The van der Waals surface area contributed by atoms with Crippen LogP contribution in [0.4, 0.5) is 5.82 Å². The van der Waals surface area contributed by atoms with Gasteiger partial charge in [0, 0.05) is 17.8 Å². The van der Waals surface area contributed by atoms with E-state index in [1.807, 2.05) is 6.92 Å². The summed E-state index contributed by atoms with van der Waals surface area (Å²) in [4.78, 5) is 15.5. The maximum absolute atomic E-state index is 11.5. The van der Waals surface area contributed by atoms with E-state index in [1.54, 1.807) is 19.2 Å². The molecule has 1 N–H and O–H groups in total. The first-order valence-electron chi connectivity index (χ1n) is 4.50. The number of amides is 1. The first-order valence-corrected chi connectivity index (χ1v) is 5.29. The van der Waals surface area contributed by atoms with Crippen LogP contribution in [0.25, 0.3) is 0 Å². The van der Waals surface area contributed by atoms with Crippen LogP contribution in [-0.2, 0) is 9.53 Å². The number of methoxy groups -OCH3 is 1. The predicted molar refractivity (Wildman–Crippen MR) is 61.8 cm³/mol. The molecule has 1 heterocycles. The largest absolute Gasteiger partial charge is 0.372 e. The lowest BCUT2D eigenvalue weighted by Gasteiger charge is -2.10. The lowest BCUT2D eigenvalue weighted by Crippen LogP contribution is -2.26. The molecule has 4 nitrogen and oxygen atoms in total. The van der Waals surface area contributed by atoms with E-state index in [2.05, 4.69) is 26.2 Å². The number of anilines is 1. The minimum atomic E-state index is -0.476. The van der Waals surface area contributed by atoms with Crippen molar-refractivity contribution in [1.29, 1.82) is 0 Å². The SMILES string of the molecule is COC(C)C(=O)Nc1cc(C)c(Br)cn1. The van der Waals surface area contributed by atoms with Crippen LogP contribution in [0.3, 0.4) is 0 Å². The highest BCUT2D eigenvalue weighted by Gasteiger charge is 2.12. The van der Waals surface area contributed by atoms with Gasteiger partial charge in [0.2, 0.25) is 0 Å². The third-order valence-corrected chi connectivity index (χ3v) is 2.85. The normalized spacial score (nSPS) is 12.3. The fourth-order valence-corrected chi connectivity index (χ4v) is 1.16. The molecular formula is C10H13BrN2O2. The first kappa shape index (κ1) is 12.1. The molecule has 0 saturated heterocycles. The number of nitrogens with one attached hydrogen (secondary N) is 1. The van der Waals surface area contributed by atoms with Gasteiger partial charge >= 0.3 is 0 Å². The highest BCUT2D eigenvalue weighted by molar-refractivity contribution is 9.10. The number of carbonyl (C=O) groups is 1. The number of hydrogen-bond acceptors (Lipinski definition) is 3. The van der Waals surface area contributed by atoms with Crippen LogP contribution in [0.1, 0.15) is 12.5 Å². The smallest absolute Gasteiger partial charge is 0.254 e. The van der Waals surface area contributed by atoms with E-state index in [1.165, 1.54) is 7.11 Å². The van der Waals surface area contributed by atoms with Gasteiger partial charge in [0.15, 0.2) is 0 Å². The number of pyridine rings is 1. The maximum Gasteiger partial charge on any atom is 0.254 e. The zero-order valence-electron chi connectivity index (χ0n) is 8.87. The molecular weight excluding hydrogens is 260 g/mol. The summed E-state index contributed by atoms with van der Waals surface area (Å²) in [6, 6.07) is 1.80. The van der Waals surface area contributed by atoms with Gasteiger partial charge in [0.05, 0.1) is 0 Å². The molecule has 1 aromatic heterocycles. The number of nitrogens with zero attached hydrogens (tertiary/aromatic N) is 1. The lowest BCUT2D eigenvalue weighted by molar-refractivity contribution is -0.124. The lowest BCUT2D eigenvalue weighted by atomic mass is 10.3. The van der Waals surface area contributed by atoms with Crippen molar-refractivity contribution in [2.75, 3.05) is 12.4 Å². The van der Waals surface area contributed by atoms with Gasteiger partial charge in [0.25, 0.3) is 5.91 Å². The summed E-state index contributed by atoms with van der Waals surface area (Å²) in [6.07, 6.45) is 1.18. The monoisotopic (exact) mass is 272 g/mol. The Morgan fingerprint density at radius 2 is 2.33 bits per heavy atom. The molecule has 15 heavy (non-hydrogen) atoms. The Labute approximate surface area is 97.2 Å². The summed E-state index contributed by atoms with van der Waals surface area (Å²) in [7, 11) is 1.49. The first-order chi connectivity index (χ1) is 7.04. The number of aryl methyl sites for hydroxylation is 1. The van der Waals surface area contributed by atoms with Gasteiger partial charge in [-0.3, -0.25) is 4.79 Å². The second-order valence-corrected chi connectivity index (χ2v) is 4.04. The number of aromatic nitrogens is 1. The average molecular weight is 273 g/mol. The molecule has 0 fully saturated rings. The molecule has 0 bridgehead atoms. The molecule has 0 saturated carbocycles. The molecule has 0 aromatic carbocycles. The van der Waals surface area contributed by atoms with Gasteiger partial charge in [0.1, 0.15) is 11.9 Å². The fraction of sp³-hybridized carbons (Fsp3) is 0.400. The van der Waals surface area contributed by atoms with E-state index >= 15 is 0 Å². The van der Waals surface area contributed by atoms with Crippen LogP contribution in [0, 0.1) is 6.92 Å². The Morgan fingerprint density at radius 1 is 1.67 bits per heavy atom. The molecule has 0 aliphatic heterocycles. The van der Waals surface area contributed by atoms with Crippen molar-refractivity contribution in [3.05, 3.63) is 22.3 Å². The number of ether oxygens (including phenoxy) is 1. The molecule has 1 aromatic rings. The summed E-state index contributed by atoms with van der Waals surface area (Å²) >= 11 is 3.34. The van der Waals surface area contributed by atoms with Gasteiger partial charge in [-0.2, -0.15) is 0 Å². The van der Waals surface area contributed by atoms with Crippen molar-refractivity contribution in [1.82, 2.24) is 4.98 Å². The third kappa shape index (κ3) is 3.28. The van der Waals surface area contributed by atoms with Crippen LogP contribution in [0.5, 0.6) is 0 Å². The van der Waals surface area contributed by atoms with Crippen molar-refractivity contribution >= 4 is 27.7 Å². The molecule has 1 rings (SSSR count). The molecule has 5 heteroatoms. The van der Waals surface area contributed by atoms with E-state index in [4.69, 9.17) is 4.74 Å². The second-order valence-electron chi connectivity index (χ2n) is 3.19. The Kier molecular flexibility index (Phi) is 4.23. The molecule has 0 spiro atoms. The fourth-order valence-electron chi connectivity index (χ4n) is 0.943. The maximum atomic E-state index is 11.5. The standard InChI is InChI=1S/C10H13BrN2O2/c1-6-4-9(12-5-8(6)11)13-10(14)7(2)15-3/h4-5,7H,1-3H3,(H,12,13,14). The highest BCUT2D eigenvalue weighted by atomic mass is 79.9. The average Bonchev–Trinajstić information content (AvgIpc) is 2.22. The van der Waals surface area contributed by atoms with Gasteiger partial charge in [-0.25, -0.2) is 4.98 Å². The number of rotatable bonds is 3. The Bertz CT molecular complexity index is 368. The van der Waals surface area contributed by atoms with Gasteiger partial charge < -0.3 is 10.1 Å². The van der Waals surface area contributed by atoms with Gasteiger partial charge in [-0.15, -0.1) is 0 Å². The van der Waals surface area contributed by atoms with Crippen LogP contribution in [0.2, 0.25) is 0 Å². The summed E-state index contributed by atoms with van der Waals surface area (Å²) in [6.45, 7) is 3.61. The quantitative estimate of drug-likeness (QED) is 0.917. The van der Waals surface area contributed by atoms with E-state index in [-0.39, 0.29) is 5.91 Å². The van der Waals surface area contributed by atoms with E-state index in [0.717, 1.165) is 10.0 Å². The van der Waals surface area contributed by atoms with E-state index < -0.39 is 6.10 Å². The molecule has 1 atom stereocenters. The summed E-state index contributed by atoms with van der Waals surface area (Å²) in [5, 5.41) is 2.66.